The van der Waals surface area contributed by atoms with Crippen LogP contribution in [-0.2, 0) is 6.42 Å². The van der Waals surface area contributed by atoms with E-state index in [2.05, 4.69) is 32.0 Å². The Morgan fingerprint density at radius 2 is 2.14 bits per heavy atom. The molecular formula is C13H18O. The summed E-state index contributed by atoms with van der Waals surface area (Å²) in [5.41, 5.74) is 2.62. The lowest BCUT2D eigenvalue weighted by Gasteiger charge is -2.09. The fraction of sp³-hybridized carbons (Fsp3) is 0.538. The molecule has 0 atom stereocenters. The minimum absolute atomic E-state index is 0.833. The van der Waals surface area contributed by atoms with Gasteiger partial charge in [0.05, 0.1) is 6.61 Å². The Balaban J connectivity index is 2.04. The zero-order valence-corrected chi connectivity index (χ0v) is 9.05. The van der Waals surface area contributed by atoms with Crippen LogP contribution in [-0.4, -0.2) is 6.61 Å². The fourth-order valence-electron chi connectivity index (χ4n) is 1.51. The molecule has 1 nitrogen and oxygen atoms in total. The lowest BCUT2D eigenvalue weighted by Crippen LogP contribution is -2.00. The molecule has 1 aliphatic rings. The smallest absolute Gasteiger partial charge is 0.122 e. The van der Waals surface area contributed by atoms with Crippen LogP contribution in [0.1, 0.15) is 30.9 Å². The van der Waals surface area contributed by atoms with Gasteiger partial charge in [0, 0.05) is 0 Å². The van der Waals surface area contributed by atoms with Crippen molar-refractivity contribution in [1.29, 1.82) is 0 Å². The summed E-state index contributed by atoms with van der Waals surface area (Å²) in [7, 11) is 0. The number of benzene rings is 1. The molecule has 0 radical (unpaired) electrons. The molecule has 1 aliphatic carbocycles. The van der Waals surface area contributed by atoms with E-state index in [0.717, 1.165) is 24.7 Å². The van der Waals surface area contributed by atoms with E-state index in [1.807, 2.05) is 0 Å². The van der Waals surface area contributed by atoms with Gasteiger partial charge in [0.1, 0.15) is 5.75 Å². The van der Waals surface area contributed by atoms with Crippen LogP contribution in [0.2, 0.25) is 0 Å². The molecule has 1 aromatic carbocycles. The zero-order chi connectivity index (χ0) is 9.97. The first-order valence-electron chi connectivity index (χ1n) is 5.52. The molecule has 76 valence electrons. The van der Waals surface area contributed by atoms with Gasteiger partial charge in [0.2, 0.25) is 0 Å². The molecule has 1 saturated carbocycles. The Morgan fingerprint density at radius 3 is 2.79 bits per heavy atom. The first-order valence-corrected chi connectivity index (χ1v) is 5.52. The maximum atomic E-state index is 5.80. The van der Waals surface area contributed by atoms with Gasteiger partial charge < -0.3 is 4.74 Å². The lowest BCUT2D eigenvalue weighted by molar-refractivity contribution is 0.297. The van der Waals surface area contributed by atoms with Gasteiger partial charge in [-0.2, -0.15) is 0 Å². The average molecular weight is 190 g/mol. The highest BCUT2D eigenvalue weighted by Crippen LogP contribution is 2.30. The Bertz CT molecular complexity index is 313. The first-order chi connectivity index (χ1) is 6.79. The van der Waals surface area contributed by atoms with Crippen molar-refractivity contribution in [2.75, 3.05) is 6.61 Å². The summed E-state index contributed by atoms with van der Waals surface area (Å²) in [5, 5.41) is 0. The third-order valence-corrected chi connectivity index (χ3v) is 2.83. The summed E-state index contributed by atoms with van der Waals surface area (Å²) in [6.07, 6.45) is 3.79. The van der Waals surface area contributed by atoms with Gasteiger partial charge >= 0.3 is 0 Å². The third-order valence-electron chi connectivity index (χ3n) is 2.83. The molecule has 0 aromatic heterocycles. The summed E-state index contributed by atoms with van der Waals surface area (Å²) >= 11 is 0. The highest BCUT2D eigenvalue weighted by molar-refractivity contribution is 5.36. The quantitative estimate of drug-likeness (QED) is 0.707. The van der Waals surface area contributed by atoms with Gasteiger partial charge in [-0.15, -0.1) is 0 Å². The maximum Gasteiger partial charge on any atom is 0.122 e. The molecular weight excluding hydrogens is 172 g/mol. The number of ether oxygens (including phenoxy) is 1. The van der Waals surface area contributed by atoms with Gasteiger partial charge in [0.15, 0.2) is 0 Å². The van der Waals surface area contributed by atoms with Crippen molar-refractivity contribution < 1.29 is 4.74 Å². The van der Waals surface area contributed by atoms with Gasteiger partial charge in [-0.3, -0.25) is 0 Å². The van der Waals surface area contributed by atoms with E-state index in [1.165, 1.54) is 24.0 Å². The van der Waals surface area contributed by atoms with Crippen molar-refractivity contribution >= 4 is 0 Å². The van der Waals surface area contributed by atoms with Crippen LogP contribution in [0.5, 0.6) is 5.75 Å². The van der Waals surface area contributed by atoms with E-state index in [4.69, 9.17) is 4.74 Å². The average Bonchev–Trinajstić information content (AvgIpc) is 3.00. The van der Waals surface area contributed by atoms with E-state index in [1.54, 1.807) is 0 Å². The van der Waals surface area contributed by atoms with Gasteiger partial charge in [-0.05, 0) is 49.3 Å². The van der Waals surface area contributed by atoms with Crippen molar-refractivity contribution in [1.82, 2.24) is 0 Å². The van der Waals surface area contributed by atoms with E-state index < -0.39 is 0 Å². The molecule has 1 aromatic rings. The number of rotatable bonds is 4. The highest BCUT2D eigenvalue weighted by Gasteiger charge is 2.22. The summed E-state index contributed by atoms with van der Waals surface area (Å²) in [6, 6.07) is 6.51. The Labute approximate surface area is 86.1 Å². The van der Waals surface area contributed by atoms with Crippen molar-refractivity contribution in [2.24, 2.45) is 5.92 Å². The van der Waals surface area contributed by atoms with Crippen LogP contribution in [0.15, 0.2) is 18.2 Å². The molecule has 1 fully saturated rings. The van der Waals surface area contributed by atoms with Crippen LogP contribution in [0.25, 0.3) is 0 Å². The number of hydrogen-bond acceptors (Lipinski definition) is 1. The van der Waals surface area contributed by atoms with Crippen LogP contribution in [0.3, 0.4) is 0 Å². The molecule has 0 N–H and O–H groups in total. The third kappa shape index (κ3) is 2.28. The van der Waals surface area contributed by atoms with Crippen molar-refractivity contribution in [3.63, 3.8) is 0 Å². The molecule has 0 saturated heterocycles. The minimum Gasteiger partial charge on any atom is -0.493 e. The summed E-state index contributed by atoms with van der Waals surface area (Å²) < 4.78 is 5.80. The van der Waals surface area contributed by atoms with Crippen LogP contribution < -0.4 is 4.74 Å². The molecule has 0 bridgehead atoms. The molecule has 0 spiro atoms. The minimum atomic E-state index is 0.833. The topological polar surface area (TPSA) is 9.23 Å². The Kier molecular flexibility index (Phi) is 2.76. The summed E-state index contributed by atoms with van der Waals surface area (Å²) in [4.78, 5) is 0. The number of aryl methyl sites for hydroxylation is 2. The molecule has 2 rings (SSSR count). The SMILES string of the molecule is CCc1ccc(C)c(OCC2CC2)c1. The Hall–Kier alpha value is -0.980. The predicted molar refractivity (Wildman–Crippen MR) is 58.8 cm³/mol. The second-order valence-corrected chi connectivity index (χ2v) is 4.21. The molecule has 0 heterocycles. The Morgan fingerprint density at radius 1 is 1.36 bits per heavy atom. The van der Waals surface area contributed by atoms with Crippen molar-refractivity contribution in [3.05, 3.63) is 29.3 Å². The van der Waals surface area contributed by atoms with Crippen LogP contribution in [0.4, 0.5) is 0 Å². The monoisotopic (exact) mass is 190 g/mol. The van der Waals surface area contributed by atoms with E-state index in [-0.39, 0.29) is 0 Å². The molecule has 0 aliphatic heterocycles. The highest BCUT2D eigenvalue weighted by atomic mass is 16.5. The summed E-state index contributed by atoms with van der Waals surface area (Å²) in [6.45, 7) is 5.20. The van der Waals surface area contributed by atoms with E-state index in [0.29, 0.717) is 0 Å². The molecule has 0 unspecified atom stereocenters. The second kappa shape index (κ2) is 4.04. The van der Waals surface area contributed by atoms with Crippen LogP contribution >= 0.6 is 0 Å². The summed E-state index contributed by atoms with van der Waals surface area (Å²) in [5.74, 6) is 1.91. The maximum absolute atomic E-state index is 5.80. The van der Waals surface area contributed by atoms with Crippen molar-refractivity contribution in [2.45, 2.75) is 33.1 Å². The predicted octanol–water partition coefficient (Wildman–Crippen LogP) is 3.35. The second-order valence-electron chi connectivity index (χ2n) is 4.21. The zero-order valence-electron chi connectivity index (χ0n) is 9.05. The fourth-order valence-corrected chi connectivity index (χ4v) is 1.51. The number of hydrogen-bond donors (Lipinski definition) is 0. The van der Waals surface area contributed by atoms with E-state index >= 15 is 0 Å². The van der Waals surface area contributed by atoms with Crippen molar-refractivity contribution in [3.8, 4) is 5.75 Å². The van der Waals surface area contributed by atoms with Gasteiger partial charge in [0.25, 0.3) is 0 Å². The largest absolute Gasteiger partial charge is 0.493 e. The molecule has 1 heteroatoms. The first kappa shape index (κ1) is 9.57. The normalized spacial score (nSPS) is 15.6. The molecule has 0 amide bonds. The lowest BCUT2D eigenvalue weighted by atomic mass is 10.1. The molecule has 14 heavy (non-hydrogen) atoms. The van der Waals surface area contributed by atoms with Gasteiger partial charge in [-0.1, -0.05) is 19.1 Å². The van der Waals surface area contributed by atoms with Crippen LogP contribution in [0, 0.1) is 12.8 Å². The van der Waals surface area contributed by atoms with E-state index in [9.17, 15) is 0 Å². The van der Waals surface area contributed by atoms with Gasteiger partial charge in [-0.25, -0.2) is 0 Å². The standard InChI is InChI=1S/C13H18O/c1-3-11-5-4-10(2)13(8-11)14-9-12-6-7-12/h4-5,8,12H,3,6-7,9H2,1-2H3.